The highest BCUT2D eigenvalue weighted by molar-refractivity contribution is 5.45. The molecule has 24 heavy (non-hydrogen) atoms. The SMILES string of the molecule is COc1ccc2c(c1)C1(CC1)CN(CC(O)CN1CCOCC1)C2. The number of morpholine rings is 1. The first-order chi connectivity index (χ1) is 11.7. The minimum atomic E-state index is -0.293. The van der Waals surface area contributed by atoms with Gasteiger partial charge in [-0.05, 0) is 36.1 Å². The van der Waals surface area contributed by atoms with Crippen molar-refractivity contribution >= 4 is 0 Å². The zero-order valence-corrected chi connectivity index (χ0v) is 14.5. The summed E-state index contributed by atoms with van der Waals surface area (Å²) in [5, 5.41) is 10.5. The highest BCUT2D eigenvalue weighted by atomic mass is 16.5. The van der Waals surface area contributed by atoms with E-state index in [9.17, 15) is 5.11 Å². The summed E-state index contributed by atoms with van der Waals surface area (Å²) in [7, 11) is 1.73. The Hall–Kier alpha value is -1.14. The second kappa shape index (κ2) is 6.64. The first-order valence-corrected chi connectivity index (χ1v) is 9.06. The lowest BCUT2D eigenvalue weighted by Crippen LogP contribution is -2.47. The summed E-state index contributed by atoms with van der Waals surface area (Å²) in [4.78, 5) is 4.75. The molecule has 1 N–H and O–H groups in total. The Balaban J connectivity index is 1.40. The van der Waals surface area contributed by atoms with Gasteiger partial charge in [-0.25, -0.2) is 0 Å². The number of aliphatic hydroxyl groups is 1. The Morgan fingerprint density at radius 2 is 1.96 bits per heavy atom. The molecule has 1 aromatic carbocycles. The molecule has 2 aliphatic heterocycles. The second-order valence-electron chi connectivity index (χ2n) is 7.54. The molecular formula is C19H28N2O3. The zero-order valence-electron chi connectivity index (χ0n) is 14.5. The van der Waals surface area contributed by atoms with Crippen LogP contribution in [0.4, 0.5) is 0 Å². The van der Waals surface area contributed by atoms with Crippen LogP contribution in [0.15, 0.2) is 18.2 Å². The normalized spacial score (nSPS) is 24.6. The van der Waals surface area contributed by atoms with Gasteiger partial charge in [0.1, 0.15) is 5.75 Å². The standard InChI is InChI=1S/C19H28N2O3/c1-23-17-3-2-15-11-21(14-19(4-5-19)18(15)10-17)13-16(22)12-20-6-8-24-9-7-20/h2-3,10,16,22H,4-9,11-14H2,1H3. The quantitative estimate of drug-likeness (QED) is 0.879. The van der Waals surface area contributed by atoms with Crippen LogP contribution >= 0.6 is 0 Å². The molecule has 0 amide bonds. The Labute approximate surface area is 144 Å². The molecule has 132 valence electrons. The average Bonchev–Trinajstić information content (AvgIpc) is 3.35. The molecule has 1 unspecified atom stereocenters. The maximum atomic E-state index is 10.5. The maximum Gasteiger partial charge on any atom is 0.119 e. The van der Waals surface area contributed by atoms with Gasteiger partial charge in [-0.1, -0.05) is 6.07 Å². The van der Waals surface area contributed by atoms with Crippen molar-refractivity contribution in [1.29, 1.82) is 0 Å². The van der Waals surface area contributed by atoms with Crippen molar-refractivity contribution in [3.63, 3.8) is 0 Å². The highest BCUT2D eigenvalue weighted by Crippen LogP contribution is 2.53. The van der Waals surface area contributed by atoms with E-state index in [0.717, 1.165) is 58.2 Å². The maximum absolute atomic E-state index is 10.5. The molecule has 1 aliphatic carbocycles. The van der Waals surface area contributed by atoms with Gasteiger partial charge >= 0.3 is 0 Å². The third kappa shape index (κ3) is 3.31. The predicted molar refractivity (Wildman–Crippen MR) is 92.4 cm³/mol. The third-order valence-electron chi connectivity index (χ3n) is 5.70. The Bertz CT molecular complexity index is 582. The fourth-order valence-electron chi connectivity index (χ4n) is 4.27. The summed E-state index contributed by atoms with van der Waals surface area (Å²) >= 11 is 0. The lowest BCUT2D eigenvalue weighted by Gasteiger charge is -2.37. The largest absolute Gasteiger partial charge is 0.497 e. The van der Waals surface area contributed by atoms with Gasteiger partial charge in [0, 0.05) is 44.7 Å². The van der Waals surface area contributed by atoms with Gasteiger partial charge in [0.2, 0.25) is 0 Å². The minimum absolute atomic E-state index is 0.293. The molecule has 4 rings (SSSR count). The number of ether oxygens (including phenoxy) is 2. The molecule has 0 aromatic heterocycles. The number of benzene rings is 1. The summed E-state index contributed by atoms with van der Waals surface area (Å²) in [6.45, 7) is 6.94. The fourth-order valence-corrected chi connectivity index (χ4v) is 4.27. The fraction of sp³-hybridized carbons (Fsp3) is 0.684. The Kier molecular flexibility index (Phi) is 4.52. The molecule has 2 fully saturated rings. The number of hydrogen-bond donors (Lipinski definition) is 1. The molecule has 1 saturated heterocycles. The molecule has 1 saturated carbocycles. The molecule has 0 bridgehead atoms. The number of hydrogen-bond acceptors (Lipinski definition) is 5. The van der Waals surface area contributed by atoms with Gasteiger partial charge in [-0.3, -0.25) is 9.80 Å². The summed E-state index contributed by atoms with van der Waals surface area (Å²) in [5.41, 5.74) is 3.18. The van der Waals surface area contributed by atoms with Crippen LogP contribution in [0.25, 0.3) is 0 Å². The smallest absolute Gasteiger partial charge is 0.119 e. The van der Waals surface area contributed by atoms with E-state index in [1.807, 2.05) is 0 Å². The van der Waals surface area contributed by atoms with Gasteiger partial charge in [0.15, 0.2) is 0 Å². The summed E-state index contributed by atoms with van der Waals surface area (Å²) in [6, 6.07) is 6.49. The van der Waals surface area contributed by atoms with Gasteiger partial charge in [0.05, 0.1) is 26.4 Å². The number of aliphatic hydroxyl groups excluding tert-OH is 1. The van der Waals surface area contributed by atoms with Gasteiger partial charge in [0.25, 0.3) is 0 Å². The van der Waals surface area contributed by atoms with Crippen LogP contribution in [-0.4, -0.2) is 74.1 Å². The van der Waals surface area contributed by atoms with Crippen molar-refractivity contribution in [2.45, 2.75) is 30.9 Å². The van der Waals surface area contributed by atoms with Crippen molar-refractivity contribution in [1.82, 2.24) is 9.80 Å². The topological polar surface area (TPSA) is 45.2 Å². The summed E-state index contributed by atoms with van der Waals surface area (Å²) in [5.74, 6) is 0.959. The van der Waals surface area contributed by atoms with Crippen molar-refractivity contribution in [2.75, 3.05) is 53.0 Å². The van der Waals surface area contributed by atoms with Gasteiger partial charge in [-0.15, -0.1) is 0 Å². The average molecular weight is 332 g/mol. The molecule has 3 aliphatic rings. The van der Waals surface area contributed by atoms with E-state index < -0.39 is 0 Å². The lowest BCUT2D eigenvalue weighted by atomic mass is 9.86. The number of rotatable bonds is 5. The Morgan fingerprint density at radius 3 is 2.67 bits per heavy atom. The van der Waals surface area contributed by atoms with Crippen LogP contribution in [0.1, 0.15) is 24.0 Å². The van der Waals surface area contributed by atoms with Gasteiger partial charge in [-0.2, -0.15) is 0 Å². The van der Waals surface area contributed by atoms with E-state index >= 15 is 0 Å². The molecular weight excluding hydrogens is 304 g/mol. The molecule has 1 atom stereocenters. The van der Waals surface area contributed by atoms with E-state index in [2.05, 4.69) is 28.0 Å². The summed E-state index contributed by atoms with van der Waals surface area (Å²) < 4.78 is 10.8. The van der Waals surface area contributed by atoms with Crippen molar-refractivity contribution in [2.24, 2.45) is 0 Å². The van der Waals surface area contributed by atoms with E-state index in [0.29, 0.717) is 5.41 Å². The minimum Gasteiger partial charge on any atom is -0.497 e. The molecule has 1 spiro atoms. The van der Waals surface area contributed by atoms with Crippen LogP contribution in [0.3, 0.4) is 0 Å². The number of nitrogens with zero attached hydrogens (tertiary/aromatic N) is 2. The number of fused-ring (bicyclic) bond motifs is 2. The molecule has 0 radical (unpaired) electrons. The van der Waals surface area contributed by atoms with Crippen LogP contribution in [0.2, 0.25) is 0 Å². The first kappa shape index (κ1) is 16.3. The van der Waals surface area contributed by atoms with E-state index in [1.165, 1.54) is 24.0 Å². The molecule has 5 heteroatoms. The summed E-state index contributed by atoms with van der Waals surface area (Å²) in [6.07, 6.45) is 2.21. The van der Waals surface area contributed by atoms with Crippen molar-refractivity contribution in [3.8, 4) is 5.75 Å². The zero-order chi connectivity index (χ0) is 16.6. The van der Waals surface area contributed by atoms with Crippen LogP contribution < -0.4 is 4.74 Å². The van der Waals surface area contributed by atoms with Crippen LogP contribution in [0.5, 0.6) is 5.75 Å². The van der Waals surface area contributed by atoms with E-state index in [1.54, 1.807) is 7.11 Å². The first-order valence-electron chi connectivity index (χ1n) is 9.06. The van der Waals surface area contributed by atoms with Crippen molar-refractivity contribution in [3.05, 3.63) is 29.3 Å². The lowest BCUT2D eigenvalue weighted by molar-refractivity contribution is 0.00477. The number of β-amino-alcohol motifs (C(OH)–C–C–N with tert-alkyl or cyclic N) is 1. The number of methoxy groups -OCH3 is 1. The predicted octanol–water partition coefficient (Wildman–Crippen LogP) is 1.24. The second-order valence-corrected chi connectivity index (χ2v) is 7.54. The third-order valence-corrected chi connectivity index (χ3v) is 5.70. The monoisotopic (exact) mass is 332 g/mol. The highest BCUT2D eigenvalue weighted by Gasteiger charge is 2.49. The van der Waals surface area contributed by atoms with E-state index in [-0.39, 0.29) is 6.10 Å². The van der Waals surface area contributed by atoms with Crippen LogP contribution in [0, 0.1) is 0 Å². The van der Waals surface area contributed by atoms with E-state index in [4.69, 9.17) is 9.47 Å². The van der Waals surface area contributed by atoms with Crippen LogP contribution in [-0.2, 0) is 16.7 Å². The molecule has 1 aromatic rings. The van der Waals surface area contributed by atoms with Gasteiger partial charge < -0.3 is 14.6 Å². The van der Waals surface area contributed by atoms with Crippen molar-refractivity contribution < 1.29 is 14.6 Å². The Morgan fingerprint density at radius 1 is 1.21 bits per heavy atom. The molecule has 2 heterocycles. The molecule has 5 nitrogen and oxygen atoms in total.